The highest BCUT2D eigenvalue weighted by molar-refractivity contribution is 5.46. The summed E-state index contributed by atoms with van der Waals surface area (Å²) in [6.07, 6.45) is 6.59. The van der Waals surface area contributed by atoms with Crippen LogP contribution in [0.1, 0.15) is 56.6 Å². The van der Waals surface area contributed by atoms with Gasteiger partial charge in [-0.15, -0.1) is 0 Å². The summed E-state index contributed by atoms with van der Waals surface area (Å²) in [5, 5.41) is 0. The molecule has 0 unspecified atom stereocenters. The number of likely N-dealkylation sites (tertiary alicyclic amines) is 1. The second-order valence-electron chi connectivity index (χ2n) is 6.63. The van der Waals surface area contributed by atoms with E-state index in [4.69, 9.17) is 4.74 Å². The molecule has 1 aromatic rings. The van der Waals surface area contributed by atoms with Crippen LogP contribution in [-0.4, -0.2) is 30.6 Å². The first-order valence-corrected chi connectivity index (χ1v) is 8.12. The zero-order valence-electron chi connectivity index (χ0n) is 13.1. The quantitative estimate of drug-likeness (QED) is 0.822. The Hall–Kier alpha value is -1.02. The van der Waals surface area contributed by atoms with Crippen LogP contribution in [0.2, 0.25) is 0 Å². The Bertz CT molecular complexity index is 468. The van der Waals surface area contributed by atoms with Crippen molar-refractivity contribution in [2.75, 3.05) is 13.7 Å². The average molecular weight is 273 g/mol. The van der Waals surface area contributed by atoms with Gasteiger partial charge < -0.3 is 4.74 Å². The van der Waals surface area contributed by atoms with E-state index in [-0.39, 0.29) is 0 Å². The van der Waals surface area contributed by atoms with Crippen molar-refractivity contribution in [3.8, 4) is 5.75 Å². The summed E-state index contributed by atoms with van der Waals surface area (Å²) in [6, 6.07) is 8.01. The van der Waals surface area contributed by atoms with E-state index in [9.17, 15) is 0 Å². The predicted octanol–water partition coefficient (Wildman–Crippen LogP) is 3.99. The number of methoxy groups -OCH3 is 1. The van der Waals surface area contributed by atoms with Gasteiger partial charge in [-0.25, -0.2) is 0 Å². The zero-order chi connectivity index (χ0) is 14.1. The smallest absolute Gasteiger partial charge is 0.122 e. The Morgan fingerprint density at radius 3 is 2.90 bits per heavy atom. The lowest BCUT2D eigenvalue weighted by Crippen LogP contribution is -2.36. The highest BCUT2D eigenvalue weighted by Crippen LogP contribution is 2.43. The van der Waals surface area contributed by atoms with Crippen LogP contribution >= 0.6 is 0 Å². The summed E-state index contributed by atoms with van der Waals surface area (Å²) in [5.41, 5.74) is 3.02. The van der Waals surface area contributed by atoms with Gasteiger partial charge in [-0.1, -0.05) is 12.1 Å². The fraction of sp³-hybridized carbons (Fsp3) is 0.667. The van der Waals surface area contributed by atoms with Crippen molar-refractivity contribution >= 4 is 0 Å². The maximum absolute atomic E-state index is 5.61. The van der Waals surface area contributed by atoms with E-state index in [0.717, 1.165) is 11.8 Å². The summed E-state index contributed by atoms with van der Waals surface area (Å²) in [7, 11) is 1.81. The van der Waals surface area contributed by atoms with Gasteiger partial charge >= 0.3 is 0 Å². The molecule has 0 N–H and O–H groups in total. The van der Waals surface area contributed by atoms with Gasteiger partial charge in [0.1, 0.15) is 5.75 Å². The Morgan fingerprint density at radius 1 is 1.30 bits per heavy atom. The second-order valence-corrected chi connectivity index (χ2v) is 6.63. The molecule has 1 aliphatic carbocycles. The molecule has 1 heterocycles. The summed E-state index contributed by atoms with van der Waals surface area (Å²) in [4.78, 5) is 2.70. The molecule has 110 valence electrons. The number of nitrogens with zero attached hydrogens (tertiary/aromatic N) is 1. The Balaban J connectivity index is 1.78. The molecule has 2 nitrogen and oxygen atoms in total. The van der Waals surface area contributed by atoms with Gasteiger partial charge in [-0.3, -0.25) is 4.90 Å². The SMILES string of the molecule is COc1cccc2c1[C@H](C[C@H]1CCCN1C(C)C)CC2. The molecule has 1 aromatic carbocycles. The molecule has 0 radical (unpaired) electrons. The van der Waals surface area contributed by atoms with Gasteiger partial charge in [0.05, 0.1) is 7.11 Å². The van der Waals surface area contributed by atoms with Crippen LogP contribution in [0.4, 0.5) is 0 Å². The minimum atomic E-state index is 0.682. The molecule has 3 rings (SSSR count). The molecular weight excluding hydrogens is 246 g/mol. The molecule has 0 bridgehead atoms. The third-order valence-corrected chi connectivity index (χ3v) is 5.19. The fourth-order valence-corrected chi connectivity index (χ4v) is 4.28. The maximum atomic E-state index is 5.61. The van der Waals surface area contributed by atoms with Crippen molar-refractivity contribution in [2.45, 2.75) is 64.0 Å². The van der Waals surface area contributed by atoms with E-state index in [1.807, 2.05) is 0 Å². The van der Waals surface area contributed by atoms with Crippen LogP contribution < -0.4 is 4.74 Å². The van der Waals surface area contributed by atoms with Crippen LogP contribution in [-0.2, 0) is 6.42 Å². The van der Waals surface area contributed by atoms with Gasteiger partial charge in [0.25, 0.3) is 0 Å². The van der Waals surface area contributed by atoms with Crippen molar-refractivity contribution in [1.29, 1.82) is 0 Å². The number of aryl methyl sites for hydroxylation is 1. The summed E-state index contributed by atoms with van der Waals surface area (Å²) in [6.45, 7) is 5.96. The lowest BCUT2D eigenvalue weighted by molar-refractivity contribution is 0.187. The molecule has 0 spiro atoms. The fourth-order valence-electron chi connectivity index (χ4n) is 4.28. The molecule has 0 saturated carbocycles. The van der Waals surface area contributed by atoms with E-state index in [2.05, 4.69) is 36.9 Å². The van der Waals surface area contributed by atoms with Crippen LogP contribution in [0.5, 0.6) is 5.75 Å². The number of rotatable bonds is 4. The number of hydrogen-bond donors (Lipinski definition) is 0. The van der Waals surface area contributed by atoms with E-state index in [1.165, 1.54) is 49.8 Å². The Morgan fingerprint density at radius 2 is 2.15 bits per heavy atom. The minimum Gasteiger partial charge on any atom is -0.496 e. The highest BCUT2D eigenvalue weighted by atomic mass is 16.5. The van der Waals surface area contributed by atoms with Crippen molar-refractivity contribution < 1.29 is 4.74 Å². The average Bonchev–Trinajstić information content (AvgIpc) is 3.06. The first kappa shape index (κ1) is 13.9. The standard InChI is InChI=1S/C18H27NO/c1-13(2)19-11-5-7-16(19)12-15-10-9-14-6-4-8-17(20-3)18(14)15/h4,6,8,13,15-16H,5,7,9-12H2,1-3H3/t15-,16+/m0/s1. The Labute approximate surface area is 123 Å². The molecule has 0 amide bonds. The topological polar surface area (TPSA) is 12.5 Å². The molecule has 2 heteroatoms. The molecule has 2 atom stereocenters. The van der Waals surface area contributed by atoms with Gasteiger partial charge in [0.2, 0.25) is 0 Å². The van der Waals surface area contributed by atoms with Crippen LogP contribution in [0.25, 0.3) is 0 Å². The first-order chi connectivity index (χ1) is 9.70. The highest BCUT2D eigenvalue weighted by Gasteiger charge is 2.33. The lowest BCUT2D eigenvalue weighted by Gasteiger charge is -2.30. The predicted molar refractivity (Wildman–Crippen MR) is 83.5 cm³/mol. The minimum absolute atomic E-state index is 0.682. The van der Waals surface area contributed by atoms with E-state index in [0.29, 0.717) is 12.0 Å². The summed E-state index contributed by atoms with van der Waals surface area (Å²) in [5.74, 6) is 1.81. The number of ether oxygens (including phenoxy) is 1. The summed E-state index contributed by atoms with van der Waals surface area (Å²) < 4.78 is 5.61. The number of benzene rings is 1. The molecular formula is C18H27NO. The lowest BCUT2D eigenvalue weighted by atomic mass is 9.91. The van der Waals surface area contributed by atoms with Crippen LogP contribution in [0, 0.1) is 0 Å². The van der Waals surface area contributed by atoms with Crippen molar-refractivity contribution in [3.63, 3.8) is 0 Å². The molecule has 2 aliphatic rings. The van der Waals surface area contributed by atoms with Crippen molar-refractivity contribution in [3.05, 3.63) is 29.3 Å². The van der Waals surface area contributed by atoms with Crippen LogP contribution in [0.15, 0.2) is 18.2 Å². The molecule has 1 saturated heterocycles. The zero-order valence-corrected chi connectivity index (χ0v) is 13.1. The van der Waals surface area contributed by atoms with Gasteiger partial charge in [0, 0.05) is 17.6 Å². The molecule has 20 heavy (non-hydrogen) atoms. The van der Waals surface area contributed by atoms with Crippen molar-refractivity contribution in [1.82, 2.24) is 4.90 Å². The van der Waals surface area contributed by atoms with Gasteiger partial charge in [-0.05, 0) is 70.0 Å². The van der Waals surface area contributed by atoms with E-state index in [1.54, 1.807) is 7.11 Å². The third-order valence-electron chi connectivity index (χ3n) is 5.19. The summed E-state index contributed by atoms with van der Waals surface area (Å²) >= 11 is 0. The van der Waals surface area contributed by atoms with Gasteiger partial charge in [-0.2, -0.15) is 0 Å². The number of hydrogen-bond acceptors (Lipinski definition) is 2. The van der Waals surface area contributed by atoms with E-state index < -0.39 is 0 Å². The van der Waals surface area contributed by atoms with E-state index >= 15 is 0 Å². The Kier molecular flexibility index (Phi) is 4.02. The monoisotopic (exact) mass is 273 g/mol. The molecule has 1 fully saturated rings. The van der Waals surface area contributed by atoms with Crippen molar-refractivity contribution in [2.24, 2.45) is 0 Å². The van der Waals surface area contributed by atoms with Gasteiger partial charge in [0.15, 0.2) is 0 Å². The molecule has 0 aromatic heterocycles. The van der Waals surface area contributed by atoms with Crippen LogP contribution in [0.3, 0.4) is 0 Å². The first-order valence-electron chi connectivity index (χ1n) is 8.12. The maximum Gasteiger partial charge on any atom is 0.122 e. The number of fused-ring (bicyclic) bond motifs is 1. The third kappa shape index (κ3) is 2.46. The largest absolute Gasteiger partial charge is 0.496 e. The normalized spacial score (nSPS) is 26.2. The molecule has 1 aliphatic heterocycles. The second kappa shape index (κ2) is 5.77.